The number of amides is 2. The largest absolute Gasteiger partial charge is 0.484 e. The lowest BCUT2D eigenvalue weighted by Crippen LogP contribution is -2.58. The zero-order chi connectivity index (χ0) is 18.1. The van der Waals surface area contributed by atoms with Crippen molar-refractivity contribution < 1.29 is 18.7 Å². The minimum Gasteiger partial charge on any atom is -0.484 e. The molecule has 26 heavy (non-hydrogen) atoms. The highest BCUT2D eigenvalue weighted by Crippen LogP contribution is 2.31. The van der Waals surface area contributed by atoms with Gasteiger partial charge in [0.25, 0.3) is 0 Å². The molecule has 0 bridgehead atoms. The van der Waals surface area contributed by atoms with Gasteiger partial charge in [0.15, 0.2) is 11.6 Å². The van der Waals surface area contributed by atoms with Gasteiger partial charge >= 0.3 is 0 Å². The molecule has 1 aliphatic carbocycles. The number of likely N-dealkylation sites (tertiary alicyclic amines) is 2. The van der Waals surface area contributed by atoms with E-state index >= 15 is 0 Å². The van der Waals surface area contributed by atoms with Crippen molar-refractivity contribution in [2.75, 3.05) is 26.2 Å². The Balaban J connectivity index is 1.21. The normalized spacial score (nSPS) is 21.9. The van der Waals surface area contributed by atoms with Gasteiger partial charge in [-0.15, -0.1) is 0 Å². The van der Waals surface area contributed by atoms with Crippen LogP contribution in [-0.2, 0) is 9.59 Å². The maximum absolute atomic E-state index is 13.6. The van der Waals surface area contributed by atoms with E-state index in [1.54, 1.807) is 23.1 Å². The number of halogens is 1. The van der Waals surface area contributed by atoms with Crippen LogP contribution >= 0.6 is 0 Å². The fourth-order valence-electron chi connectivity index (χ4n) is 3.93. The number of ether oxygens (including phenoxy) is 1. The van der Waals surface area contributed by atoms with Crippen LogP contribution in [0.2, 0.25) is 0 Å². The second kappa shape index (κ2) is 7.25. The van der Waals surface area contributed by atoms with Gasteiger partial charge in [0, 0.05) is 24.9 Å². The van der Waals surface area contributed by atoms with Gasteiger partial charge in [0.1, 0.15) is 6.10 Å². The number of hydrogen-bond acceptors (Lipinski definition) is 3. The Bertz CT molecular complexity index is 677. The zero-order valence-corrected chi connectivity index (χ0v) is 14.9. The minimum atomic E-state index is -0.374. The molecule has 0 unspecified atom stereocenters. The van der Waals surface area contributed by atoms with E-state index in [1.165, 1.54) is 6.07 Å². The number of hydrogen-bond donors (Lipinski definition) is 0. The number of benzene rings is 1. The molecule has 6 heteroatoms. The van der Waals surface area contributed by atoms with Crippen molar-refractivity contribution in [1.29, 1.82) is 0 Å². The number of carbonyl (C=O) groups excluding carboxylic acids is 2. The molecule has 2 heterocycles. The van der Waals surface area contributed by atoms with E-state index in [0.29, 0.717) is 26.2 Å². The summed E-state index contributed by atoms with van der Waals surface area (Å²) in [5, 5.41) is 0. The van der Waals surface area contributed by atoms with Gasteiger partial charge < -0.3 is 14.5 Å². The lowest BCUT2D eigenvalue weighted by atomic mass is 9.83. The molecule has 0 atom stereocenters. The SMILES string of the molecule is O=C(C1CCC1)N1CCC(C(=O)N2CC(Oc3ccccc3F)C2)CC1. The van der Waals surface area contributed by atoms with Crippen molar-refractivity contribution in [3.05, 3.63) is 30.1 Å². The van der Waals surface area contributed by atoms with Crippen LogP contribution in [0, 0.1) is 17.7 Å². The Morgan fingerprint density at radius 1 is 0.923 bits per heavy atom. The van der Waals surface area contributed by atoms with Crippen LogP contribution in [0.3, 0.4) is 0 Å². The molecule has 140 valence electrons. The molecule has 2 saturated heterocycles. The Hall–Kier alpha value is -2.11. The number of rotatable bonds is 4. The molecule has 0 N–H and O–H groups in total. The third-order valence-electron chi connectivity index (χ3n) is 5.90. The summed E-state index contributed by atoms with van der Waals surface area (Å²) in [6.45, 7) is 2.40. The van der Waals surface area contributed by atoms with Crippen molar-refractivity contribution in [3.8, 4) is 5.75 Å². The molecule has 2 amide bonds. The average Bonchev–Trinajstić information content (AvgIpc) is 2.57. The van der Waals surface area contributed by atoms with Crippen LogP contribution in [0.5, 0.6) is 5.75 Å². The van der Waals surface area contributed by atoms with Gasteiger partial charge in [-0.3, -0.25) is 9.59 Å². The van der Waals surface area contributed by atoms with Crippen molar-refractivity contribution >= 4 is 11.8 Å². The fourth-order valence-corrected chi connectivity index (χ4v) is 3.93. The van der Waals surface area contributed by atoms with E-state index in [1.807, 2.05) is 4.90 Å². The Morgan fingerprint density at radius 3 is 2.15 bits per heavy atom. The number of piperidine rings is 1. The standard InChI is InChI=1S/C20H25FN2O3/c21-17-6-1-2-7-18(17)26-16-12-23(13-16)20(25)15-8-10-22(11-9-15)19(24)14-4-3-5-14/h1-2,6-7,14-16H,3-5,8-13H2. The highest BCUT2D eigenvalue weighted by Gasteiger charge is 2.38. The summed E-state index contributed by atoms with van der Waals surface area (Å²) in [5.74, 6) is 0.524. The van der Waals surface area contributed by atoms with E-state index < -0.39 is 0 Å². The second-order valence-corrected chi connectivity index (χ2v) is 7.64. The molecule has 0 spiro atoms. The monoisotopic (exact) mass is 360 g/mol. The van der Waals surface area contributed by atoms with Crippen LogP contribution in [0.1, 0.15) is 32.1 Å². The smallest absolute Gasteiger partial charge is 0.226 e. The molecule has 4 rings (SSSR count). The molecule has 5 nitrogen and oxygen atoms in total. The maximum atomic E-state index is 13.6. The summed E-state index contributed by atoms with van der Waals surface area (Å²) < 4.78 is 19.2. The average molecular weight is 360 g/mol. The molecule has 0 radical (unpaired) electrons. The second-order valence-electron chi connectivity index (χ2n) is 7.64. The van der Waals surface area contributed by atoms with E-state index in [0.717, 1.165) is 32.1 Å². The van der Waals surface area contributed by atoms with Gasteiger partial charge in [0.05, 0.1) is 13.1 Å². The van der Waals surface area contributed by atoms with Gasteiger partial charge in [-0.1, -0.05) is 18.6 Å². The summed E-state index contributed by atoms with van der Waals surface area (Å²) in [7, 11) is 0. The first-order valence-electron chi connectivity index (χ1n) is 9.60. The third kappa shape index (κ3) is 3.41. The van der Waals surface area contributed by atoms with Crippen LogP contribution in [0.25, 0.3) is 0 Å². The molecule has 2 aliphatic heterocycles. The van der Waals surface area contributed by atoms with Crippen molar-refractivity contribution in [3.63, 3.8) is 0 Å². The first-order chi connectivity index (χ1) is 12.6. The van der Waals surface area contributed by atoms with E-state index in [4.69, 9.17) is 4.74 Å². The predicted molar refractivity (Wildman–Crippen MR) is 94.0 cm³/mol. The van der Waals surface area contributed by atoms with Crippen molar-refractivity contribution in [1.82, 2.24) is 9.80 Å². The highest BCUT2D eigenvalue weighted by molar-refractivity contribution is 5.82. The topological polar surface area (TPSA) is 49.9 Å². The zero-order valence-electron chi connectivity index (χ0n) is 14.9. The molecule has 3 fully saturated rings. The molecule has 1 aromatic carbocycles. The molecular weight excluding hydrogens is 335 g/mol. The Morgan fingerprint density at radius 2 is 1.54 bits per heavy atom. The third-order valence-corrected chi connectivity index (χ3v) is 5.90. The van der Waals surface area contributed by atoms with Crippen LogP contribution in [-0.4, -0.2) is 53.9 Å². The summed E-state index contributed by atoms with van der Waals surface area (Å²) in [6.07, 6.45) is 4.55. The fraction of sp³-hybridized carbons (Fsp3) is 0.600. The lowest BCUT2D eigenvalue weighted by Gasteiger charge is -2.42. The molecule has 0 aromatic heterocycles. The van der Waals surface area contributed by atoms with E-state index in [2.05, 4.69) is 0 Å². The summed E-state index contributed by atoms with van der Waals surface area (Å²) in [4.78, 5) is 28.6. The number of para-hydroxylation sites is 1. The quantitative estimate of drug-likeness (QED) is 0.829. The molecular formula is C20H25FN2O3. The van der Waals surface area contributed by atoms with Gasteiger partial charge in [0.2, 0.25) is 11.8 Å². The molecule has 1 saturated carbocycles. The number of carbonyl (C=O) groups is 2. The summed E-state index contributed by atoms with van der Waals surface area (Å²) >= 11 is 0. The summed E-state index contributed by atoms with van der Waals surface area (Å²) in [6, 6.07) is 6.34. The Labute approximate surface area is 153 Å². The van der Waals surface area contributed by atoms with E-state index in [-0.39, 0.29) is 41.3 Å². The van der Waals surface area contributed by atoms with Crippen molar-refractivity contribution in [2.24, 2.45) is 11.8 Å². The lowest BCUT2D eigenvalue weighted by molar-refractivity contribution is -0.149. The highest BCUT2D eigenvalue weighted by atomic mass is 19.1. The van der Waals surface area contributed by atoms with E-state index in [9.17, 15) is 14.0 Å². The first kappa shape index (κ1) is 17.3. The first-order valence-corrected chi connectivity index (χ1v) is 9.60. The van der Waals surface area contributed by atoms with Crippen LogP contribution < -0.4 is 4.74 Å². The van der Waals surface area contributed by atoms with Gasteiger partial charge in [-0.2, -0.15) is 0 Å². The van der Waals surface area contributed by atoms with Crippen LogP contribution in [0.4, 0.5) is 4.39 Å². The van der Waals surface area contributed by atoms with Crippen LogP contribution in [0.15, 0.2) is 24.3 Å². The molecule has 3 aliphatic rings. The van der Waals surface area contributed by atoms with Gasteiger partial charge in [-0.25, -0.2) is 4.39 Å². The number of nitrogens with zero attached hydrogens (tertiary/aromatic N) is 2. The summed E-state index contributed by atoms with van der Waals surface area (Å²) in [5.41, 5.74) is 0. The maximum Gasteiger partial charge on any atom is 0.226 e. The van der Waals surface area contributed by atoms with Gasteiger partial charge in [-0.05, 0) is 37.8 Å². The van der Waals surface area contributed by atoms with Crippen molar-refractivity contribution in [2.45, 2.75) is 38.2 Å². The predicted octanol–water partition coefficient (Wildman–Crippen LogP) is 2.45. The minimum absolute atomic E-state index is 0.00477. The Kier molecular flexibility index (Phi) is 4.83. The molecule has 1 aromatic rings.